The number of hydrogen-bond acceptors (Lipinski definition) is 5. The van der Waals surface area contributed by atoms with Gasteiger partial charge in [0.05, 0.1) is 5.41 Å². The second-order valence-electron chi connectivity index (χ2n) is 9.11. The fourth-order valence-corrected chi connectivity index (χ4v) is 4.36. The first kappa shape index (κ1) is 20.2. The van der Waals surface area contributed by atoms with Crippen LogP contribution in [0.25, 0.3) is 0 Å². The molecule has 4 rings (SSSR count). The summed E-state index contributed by atoms with van der Waals surface area (Å²) in [5, 5.41) is 11.9. The van der Waals surface area contributed by atoms with Crippen molar-refractivity contribution in [3.63, 3.8) is 0 Å². The van der Waals surface area contributed by atoms with Gasteiger partial charge in [-0.3, -0.25) is 4.79 Å². The van der Waals surface area contributed by atoms with Crippen molar-refractivity contribution in [1.29, 1.82) is 0 Å². The Hall–Kier alpha value is -2.57. The number of rotatable bonds is 7. The van der Waals surface area contributed by atoms with Gasteiger partial charge in [-0.2, -0.15) is 0 Å². The molecule has 3 saturated carbocycles. The van der Waals surface area contributed by atoms with E-state index < -0.39 is 29.1 Å². The van der Waals surface area contributed by atoms with E-state index in [2.05, 4.69) is 5.32 Å². The predicted molar refractivity (Wildman–Crippen MR) is 100 cm³/mol. The molecule has 0 radical (unpaired) electrons. The standard InChI is InChI=1S/C21H27NO6/c1-19(2,3)28-17(25)21-11-20(12-21,13-21)9-15(16(23)24)22-18(26)27-10-14-7-5-4-6-8-14/h4-8,15H,9-13H2,1-3H3,(H,22,26)(H,23,24)/t15-,20?,21?/m0/s1. The van der Waals surface area contributed by atoms with Crippen molar-refractivity contribution in [3.8, 4) is 0 Å². The van der Waals surface area contributed by atoms with E-state index in [1.807, 2.05) is 51.1 Å². The molecule has 7 nitrogen and oxygen atoms in total. The lowest BCUT2D eigenvalue weighted by atomic mass is 9.34. The van der Waals surface area contributed by atoms with Crippen molar-refractivity contribution in [3.05, 3.63) is 35.9 Å². The highest BCUT2D eigenvalue weighted by molar-refractivity contribution is 5.83. The molecule has 0 saturated heterocycles. The Morgan fingerprint density at radius 1 is 1.14 bits per heavy atom. The molecule has 0 spiro atoms. The predicted octanol–water partition coefficient (Wildman–Crippen LogP) is 3.27. The third kappa shape index (κ3) is 4.29. The van der Waals surface area contributed by atoms with E-state index in [1.54, 1.807) is 0 Å². The van der Waals surface area contributed by atoms with Crippen molar-refractivity contribution in [2.75, 3.05) is 0 Å². The first-order valence-electron chi connectivity index (χ1n) is 9.46. The molecule has 3 fully saturated rings. The summed E-state index contributed by atoms with van der Waals surface area (Å²) in [6.07, 6.45) is 1.36. The van der Waals surface area contributed by atoms with Crippen LogP contribution in [0.4, 0.5) is 4.79 Å². The van der Waals surface area contributed by atoms with Crippen LogP contribution in [0, 0.1) is 10.8 Å². The van der Waals surface area contributed by atoms with Crippen LogP contribution in [0.15, 0.2) is 30.3 Å². The summed E-state index contributed by atoms with van der Waals surface area (Å²) in [6.45, 7) is 5.57. The lowest BCUT2D eigenvalue weighted by molar-refractivity contribution is -0.239. The molecule has 2 bridgehead atoms. The number of carbonyl (C=O) groups excluding carboxylic acids is 2. The fourth-order valence-electron chi connectivity index (χ4n) is 4.36. The van der Waals surface area contributed by atoms with Gasteiger partial charge in [0.1, 0.15) is 18.2 Å². The largest absolute Gasteiger partial charge is 0.480 e. The highest BCUT2D eigenvalue weighted by Gasteiger charge is 2.72. The molecule has 152 valence electrons. The van der Waals surface area contributed by atoms with Crippen LogP contribution < -0.4 is 5.32 Å². The van der Waals surface area contributed by atoms with E-state index in [9.17, 15) is 19.5 Å². The third-order valence-electron chi connectivity index (χ3n) is 5.41. The summed E-state index contributed by atoms with van der Waals surface area (Å²) in [5.74, 6) is -1.31. The van der Waals surface area contributed by atoms with E-state index in [0.29, 0.717) is 19.3 Å². The fraction of sp³-hybridized carbons (Fsp3) is 0.571. The Labute approximate surface area is 164 Å². The Kier molecular flexibility index (Phi) is 5.12. The summed E-state index contributed by atoms with van der Waals surface area (Å²) < 4.78 is 10.6. The van der Waals surface area contributed by atoms with Crippen molar-refractivity contribution >= 4 is 18.0 Å². The molecule has 2 N–H and O–H groups in total. The number of carbonyl (C=O) groups is 3. The number of amides is 1. The summed E-state index contributed by atoms with van der Waals surface area (Å²) in [7, 11) is 0. The molecule has 0 aromatic heterocycles. The maximum absolute atomic E-state index is 12.3. The molecule has 1 aromatic rings. The number of esters is 1. The van der Waals surface area contributed by atoms with Crippen LogP contribution in [0.1, 0.15) is 52.0 Å². The first-order valence-corrected chi connectivity index (χ1v) is 9.46. The number of ether oxygens (including phenoxy) is 2. The molecule has 1 amide bonds. The van der Waals surface area contributed by atoms with Gasteiger partial charge in [-0.25, -0.2) is 9.59 Å². The van der Waals surface area contributed by atoms with Gasteiger partial charge >= 0.3 is 18.0 Å². The molecule has 0 heterocycles. The molecule has 0 unspecified atom stereocenters. The first-order chi connectivity index (χ1) is 13.0. The molecule has 1 aromatic carbocycles. The molecule has 28 heavy (non-hydrogen) atoms. The van der Waals surface area contributed by atoms with Crippen molar-refractivity contribution < 1.29 is 29.0 Å². The third-order valence-corrected chi connectivity index (χ3v) is 5.41. The van der Waals surface area contributed by atoms with Gasteiger partial charge in [0.25, 0.3) is 0 Å². The van der Waals surface area contributed by atoms with Gasteiger partial charge in [-0.05, 0) is 57.4 Å². The van der Waals surface area contributed by atoms with E-state index in [-0.39, 0.29) is 24.4 Å². The van der Waals surface area contributed by atoms with Crippen molar-refractivity contribution in [2.45, 2.75) is 64.7 Å². The van der Waals surface area contributed by atoms with Crippen LogP contribution in [0.5, 0.6) is 0 Å². The van der Waals surface area contributed by atoms with E-state index >= 15 is 0 Å². The highest BCUT2D eigenvalue weighted by Crippen LogP contribution is 2.75. The molecule has 0 aliphatic heterocycles. The topological polar surface area (TPSA) is 102 Å². The molecular weight excluding hydrogens is 362 g/mol. The number of aliphatic carboxylic acids is 1. The maximum atomic E-state index is 12.3. The number of benzene rings is 1. The van der Waals surface area contributed by atoms with Crippen LogP contribution in [-0.4, -0.2) is 34.8 Å². The van der Waals surface area contributed by atoms with Gasteiger partial charge in [0.2, 0.25) is 0 Å². The second-order valence-corrected chi connectivity index (χ2v) is 9.11. The Morgan fingerprint density at radius 2 is 1.75 bits per heavy atom. The summed E-state index contributed by atoms with van der Waals surface area (Å²) >= 11 is 0. The van der Waals surface area contributed by atoms with Crippen LogP contribution >= 0.6 is 0 Å². The van der Waals surface area contributed by atoms with E-state index in [0.717, 1.165) is 5.56 Å². The number of nitrogens with one attached hydrogen (secondary N) is 1. The van der Waals surface area contributed by atoms with Crippen molar-refractivity contribution in [1.82, 2.24) is 5.32 Å². The monoisotopic (exact) mass is 389 g/mol. The molecule has 3 aliphatic carbocycles. The molecule has 7 heteroatoms. The smallest absolute Gasteiger partial charge is 0.408 e. The maximum Gasteiger partial charge on any atom is 0.408 e. The zero-order chi connectivity index (χ0) is 20.6. The lowest BCUT2D eigenvalue weighted by Crippen LogP contribution is -2.68. The highest BCUT2D eigenvalue weighted by atomic mass is 16.6. The number of hydrogen-bond donors (Lipinski definition) is 2. The SMILES string of the molecule is CC(C)(C)OC(=O)C12CC(C[C@H](NC(=O)OCc3ccccc3)C(=O)O)(C1)C2. The zero-order valence-corrected chi connectivity index (χ0v) is 16.5. The number of carboxylic acids is 1. The van der Waals surface area contributed by atoms with Gasteiger partial charge in [0.15, 0.2) is 0 Å². The van der Waals surface area contributed by atoms with Crippen molar-refractivity contribution in [2.24, 2.45) is 10.8 Å². The average Bonchev–Trinajstić information content (AvgIpc) is 2.52. The molecular formula is C21H27NO6. The van der Waals surface area contributed by atoms with Crippen LogP contribution in [0.3, 0.4) is 0 Å². The van der Waals surface area contributed by atoms with Crippen LogP contribution in [0.2, 0.25) is 0 Å². The quantitative estimate of drug-likeness (QED) is 0.694. The van der Waals surface area contributed by atoms with Gasteiger partial charge in [-0.1, -0.05) is 30.3 Å². The normalized spacial score (nSPS) is 26.2. The van der Waals surface area contributed by atoms with Crippen LogP contribution in [-0.2, 0) is 25.7 Å². The second kappa shape index (κ2) is 7.11. The molecule has 3 aliphatic rings. The minimum atomic E-state index is -1.10. The lowest BCUT2D eigenvalue weighted by Gasteiger charge is -2.69. The minimum absolute atomic E-state index is 0.0753. The zero-order valence-electron chi connectivity index (χ0n) is 16.5. The summed E-state index contributed by atoms with van der Waals surface area (Å²) in [5.41, 5.74) is -0.396. The number of carboxylic acid groups (broad SMARTS) is 1. The van der Waals surface area contributed by atoms with E-state index in [4.69, 9.17) is 9.47 Å². The minimum Gasteiger partial charge on any atom is -0.480 e. The Balaban J connectivity index is 1.48. The molecule has 1 atom stereocenters. The van der Waals surface area contributed by atoms with Gasteiger partial charge in [-0.15, -0.1) is 0 Å². The number of alkyl carbamates (subject to hydrolysis) is 1. The Morgan fingerprint density at radius 3 is 2.29 bits per heavy atom. The summed E-state index contributed by atoms with van der Waals surface area (Å²) in [6, 6.07) is 8.12. The average molecular weight is 389 g/mol. The van der Waals surface area contributed by atoms with Gasteiger partial charge in [0, 0.05) is 0 Å². The van der Waals surface area contributed by atoms with E-state index in [1.165, 1.54) is 0 Å². The summed E-state index contributed by atoms with van der Waals surface area (Å²) in [4.78, 5) is 35.9. The van der Waals surface area contributed by atoms with Gasteiger partial charge < -0.3 is 19.9 Å². The Bertz CT molecular complexity index is 747.